The number of hydrogen-bond acceptors (Lipinski definition) is 9. The van der Waals surface area contributed by atoms with Crippen LogP contribution in [0.5, 0.6) is 11.5 Å². The van der Waals surface area contributed by atoms with Crippen molar-refractivity contribution in [3.63, 3.8) is 0 Å². The SMILES string of the molecule is CN[C@H](CNc1cc(F)c(S(=O)(=O)N(Cc2ccc(OC)cc2OC)c2ncc(F)s2)cc1Cl)CC1(CO[Si](C)(C)C(C)(C)C)CC1. The molecule has 1 heterocycles. The van der Waals surface area contributed by atoms with Crippen molar-refractivity contribution in [2.45, 2.75) is 75.6 Å². The second-order valence-electron chi connectivity index (χ2n) is 13.5. The summed E-state index contributed by atoms with van der Waals surface area (Å²) >= 11 is 7.09. The quantitative estimate of drug-likeness (QED) is 0.145. The summed E-state index contributed by atoms with van der Waals surface area (Å²) in [5, 5.41) is 5.81. The van der Waals surface area contributed by atoms with Gasteiger partial charge < -0.3 is 24.5 Å². The Morgan fingerprint density at radius 1 is 1.15 bits per heavy atom. The minimum Gasteiger partial charge on any atom is -0.497 e. The predicted molar refractivity (Wildman–Crippen MR) is 187 cm³/mol. The van der Waals surface area contributed by atoms with Crippen molar-refractivity contribution < 1.29 is 31.1 Å². The molecular weight excluding hydrogens is 686 g/mol. The van der Waals surface area contributed by atoms with Crippen LogP contribution in [0.1, 0.15) is 45.6 Å². The molecule has 0 saturated heterocycles. The van der Waals surface area contributed by atoms with Crippen LogP contribution in [-0.2, 0) is 21.0 Å². The van der Waals surface area contributed by atoms with Gasteiger partial charge in [-0.3, -0.25) is 0 Å². The van der Waals surface area contributed by atoms with Crippen molar-refractivity contribution in [3.8, 4) is 11.5 Å². The molecule has 0 radical (unpaired) electrons. The lowest BCUT2D eigenvalue weighted by molar-refractivity contribution is 0.195. The number of methoxy groups -OCH3 is 2. The van der Waals surface area contributed by atoms with Crippen molar-refractivity contribution in [3.05, 3.63) is 58.1 Å². The number of aromatic nitrogens is 1. The van der Waals surface area contributed by atoms with E-state index in [1.54, 1.807) is 18.2 Å². The molecule has 2 N–H and O–H groups in total. The molecule has 15 heteroatoms. The average Bonchev–Trinajstić information content (AvgIpc) is 3.66. The van der Waals surface area contributed by atoms with Gasteiger partial charge in [-0.05, 0) is 74.1 Å². The number of likely N-dealkylation sites (N-methyl/N-ethyl adjacent to an activating group) is 1. The minimum absolute atomic E-state index is 0.0227. The Bertz CT molecular complexity index is 1670. The van der Waals surface area contributed by atoms with E-state index in [9.17, 15) is 12.8 Å². The average molecular weight is 731 g/mol. The summed E-state index contributed by atoms with van der Waals surface area (Å²) in [7, 11) is -1.70. The summed E-state index contributed by atoms with van der Waals surface area (Å²) < 4.78 is 75.8. The zero-order chi connectivity index (χ0) is 34.8. The van der Waals surface area contributed by atoms with Gasteiger partial charge in [-0.15, -0.1) is 0 Å². The van der Waals surface area contributed by atoms with E-state index >= 15 is 4.39 Å². The summed E-state index contributed by atoms with van der Waals surface area (Å²) in [4.78, 5) is 3.27. The van der Waals surface area contributed by atoms with E-state index in [0.717, 1.165) is 41.9 Å². The molecule has 0 amide bonds. The lowest BCUT2D eigenvalue weighted by Crippen LogP contribution is -2.43. The highest BCUT2D eigenvalue weighted by atomic mass is 35.5. The molecule has 1 saturated carbocycles. The lowest BCUT2D eigenvalue weighted by Gasteiger charge is -2.38. The van der Waals surface area contributed by atoms with Crippen LogP contribution in [0.15, 0.2) is 41.4 Å². The Morgan fingerprint density at radius 3 is 2.40 bits per heavy atom. The summed E-state index contributed by atoms with van der Waals surface area (Å²) in [5.41, 5.74) is 0.788. The van der Waals surface area contributed by atoms with Gasteiger partial charge in [0.1, 0.15) is 22.2 Å². The Hall–Kier alpha value is -2.49. The van der Waals surface area contributed by atoms with E-state index < -0.39 is 34.2 Å². The summed E-state index contributed by atoms with van der Waals surface area (Å²) in [6.45, 7) is 12.0. The summed E-state index contributed by atoms with van der Waals surface area (Å²) in [5.74, 6) is -0.185. The minimum atomic E-state index is -4.61. The number of ether oxygens (including phenoxy) is 2. The molecule has 1 aliphatic carbocycles. The van der Waals surface area contributed by atoms with Crippen LogP contribution in [-0.4, -0.2) is 62.2 Å². The van der Waals surface area contributed by atoms with E-state index in [4.69, 9.17) is 25.5 Å². The maximum Gasteiger partial charge on any atom is 0.269 e. The largest absolute Gasteiger partial charge is 0.497 e. The Labute approximate surface area is 287 Å². The summed E-state index contributed by atoms with van der Waals surface area (Å²) in [6, 6.07) is 7.02. The highest BCUT2D eigenvalue weighted by Crippen LogP contribution is 2.51. The fourth-order valence-electron chi connectivity index (χ4n) is 4.90. The molecular formula is C32H45ClF2N4O5S2Si. The monoisotopic (exact) mass is 730 g/mol. The molecule has 3 aromatic rings. The zero-order valence-corrected chi connectivity index (χ0v) is 31.6. The molecule has 1 aliphatic rings. The number of anilines is 2. The number of hydrogen-bond donors (Lipinski definition) is 2. The fraction of sp³-hybridized carbons (Fsp3) is 0.531. The molecule has 0 bridgehead atoms. The normalized spacial score (nSPS) is 15.3. The van der Waals surface area contributed by atoms with Gasteiger partial charge in [0.05, 0.1) is 37.7 Å². The molecule has 9 nitrogen and oxygen atoms in total. The van der Waals surface area contributed by atoms with E-state index in [1.165, 1.54) is 14.2 Å². The van der Waals surface area contributed by atoms with Crippen LogP contribution in [0, 0.1) is 16.4 Å². The van der Waals surface area contributed by atoms with Gasteiger partial charge in [0, 0.05) is 30.8 Å². The van der Waals surface area contributed by atoms with Gasteiger partial charge in [0.25, 0.3) is 10.0 Å². The van der Waals surface area contributed by atoms with Gasteiger partial charge in [-0.2, -0.15) is 4.39 Å². The van der Waals surface area contributed by atoms with Gasteiger partial charge in [0.2, 0.25) is 5.13 Å². The fourth-order valence-corrected chi connectivity index (χ4v) is 8.62. The van der Waals surface area contributed by atoms with Crippen molar-refractivity contribution in [2.75, 3.05) is 44.0 Å². The highest BCUT2D eigenvalue weighted by Gasteiger charge is 2.47. The predicted octanol–water partition coefficient (Wildman–Crippen LogP) is 7.68. The zero-order valence-electron chi connectivity index (χ0n) is 28.2. The van der Waals surface area contributed by atoms with Crippen molar-refractivity contribution in [2.24, 2.45) is 5.41 Å². The third-order valence-electron chi connectivity index (χ3n) is 9.21. The molecule has 0 aliphatic heterocycles. The number of benzene rings is 2. The Balaban J connectivity index is 1.53. The van der Waals surface area contributed by atoms with Crippen LogP contribution in [0.4, 0.5) is 19.6 Å². The van der Waals surface area contributed by atoms with Crippen molar-refractivity contribution in [1.82, 2.24) is 10.3 Å². The number of sulfonamides is 1. The first-order valence-corrected chi connectivity index (χ1v) is 20.9. The Kier molecular flexibility index (Phi) is 11.6. The molecule has 4 rings (SSSR count). The first kappa shape index (κ1) is 37.3. The summed E-state index contributed by atoms with van der Waals surface area (Å²) in [6.07, 6.45) is 3.95. The molecule has 2 aromatic carbocycles. The first-order valence-electron chi connectivity index (χ1n) is 15.3. The maximum atomic E-state index is 15.7. The molecule has 1 fully saturated rings. The number of halogens is 3. The van der Waals surface area contributed by atoms with Gasteiger partial charge in [-0.25, -0.2) is 22.1 Å². The number of nitrogens with one attached hydrogen (secondary N) is 2. The highest BCUT2D eigenvalue weighted by molar-refractivity contribution is 7.93. The van der Waals surface area contributed by atoms with E-state index in [0.29, 0.717) is 41.6 Å². The molecule has 260 valence electrons. The topological polar surface area (TPSA) is 102 Å². The van der Waals surface area contributed by atoms with Crippen LogP contribution < -0.4 is 24.4 Å². The third-order valence-corrected chi connectivity index (χ3v) is 16.7. The van der Waals surface area contributed by atoms with E-state index in [-0.39, 0.29) is 38.9 Å². The molecule has 0 spiro atoms. The third kappa shape index (κ3) is 8.76. The number of nitrogens with zero attached hydrogens (tertiary/aromatic N) is 2. The molecule has 1 aromatic heterocycles. The van der Waals surface area contributed by atoms with E-state index in [2.05, 4.69) is 49.5 Å². The second kappa shape index (κ2) is 14.5. The molecule has 47 heavy (non-hydrogen) atoms. The number of rotatable bonds is 16. The maximum absolute atomic E-state index is 15.7. The van der Waals surface area contributed by atoms with Crippen LogP contribution in [0.2, 0.25) is 23.2 Å². The van der Waals surface area contributed by atoms with E-state index in [1.807, 2.05) is 7.05 Å². The standard InChI is InChI=1S/C32H45ClF2N4O5S2Si/c1-31(2,3)47(7,8)44-20-32(11-12-32)16-22(36-4)17-37-26-15-25(34)28(14-24(26)33)46(40,41)39(30-38-18-29(35)45-30)19-21-9-10-23(42-5)13-27(21)43-6/h9-10,13-15,18,22,36-37H,11-12,16-17,19-20H2,1-8H3/t22-/m0/s1. The van der Waals surface area contributed by atoms with Crippen LogP contribution in [0.25, 0.3) is 0 Å². The van der Waals surface area contributed by atoms with Crippen molar-refractivity contribution >= 4 is 52.1 Å². The smallest absolute Gasteiger partial charge is 0.269 e. The van der Waals surface area contributed by atoms with Crippen LogP contribution in [0.3, 0.4) is 0 Å². The number of thiazole rings is 1. The van der Waals surface area contributed by atoms with Crippen molar-refractivity contribution in [1.29, 1.82) is 0 Å². The first-order chi connectivity index (χ1) is 21.9. The van der Waals surface area contributed by atoms with Gasteiger partial charge in [0.15, 0.2) is 13.4 Å². The molecule has 1 atom stereocenters. The molecule has 0 unspecified atom stereocenters. The Morgan fingerprint density at radius 2 is 1.85 bits per heavy atom. The van der Waals surface area contributed by atoms with Crippen LogP contribution >= 0.6 is 22.9 Å². The second-order valence-corrected chi connectivity index (χ2v) is 21.5. The van der Waals surface area contributed by atoms with Gasteiger partial charge >= 0.3 is 0 Å². The lowest BCUT2D eigenvalue weighted by atomic mass is 9.98. The van der Waals surface area contributed by atoms with Gasteiger partial charge in [-0.1, -0.05) is 43.7 Å².